The maximum absolute atomic E-state index is 12.5. The van der Waals surface area contributed by atoms with E-state index in [2.05, 4.69) is 36.3 Å². The molecule has 0 spiro atoms. The number of carbonyl (C=O) groups is 1. The van der Waals surface area contributed by atoms with E-state index >= 15 is 0 Å². The first-order valence-electron chi connectivity index (χ1n) is 9.10. The van der Waals surface area contributed by atoms with Crippen LogP contribution < -0.4 is 0 Å². The Bertz CT molecular complexity index is 781. The first kappa shape index (κ1) is 18.4. The van der Waals surface area contributed by atoms with Crippen molar-refractivity contribution in [1.82, 2.24) is 14.7 Å². The molecule has 1 aliphatic rings. The van der Waals surface area contributed by atoms with Crippen molar-refractivity contribution in [1.29, 1.82) is 0 Å². The summed E-state index contributed by atoms with van der Waals surface area (Å²) in [5.41, 5.74) is 3.54. The van der Waals surface area contributed by atoms with E-state index in [1.807, 2.05) is 24.1 Å². The van der Waals surface area contributed by atoms with E-state index in [0.717, 1.165) is 25.1 Å². The molecule has 0 N–H and O–H groups in total. The molecule has 0 saturated carbocycles. The van der Waals surface area contributed by atoms with Gasteiger partial charge < -0.3 is 9.64 Å². The fourth-order valence-corrected chi connectivity index (χ4v) is 3.62. The Morgan fingerprint density at radius 2 is 2.23 bits per heavy atom. The van der Waals surface area contributed by atoms with Gasteiger partial charge in [-0.2, -0.15) is 5.10 Å². The number of piperidine rings is 1. The Kier molecular flexibility index (Phi) is 5.89. The molecule has 2 atom stereocenters. The first-order chi connectivity index (χ1) is 12.6. The molecule has 138 valence electrons. The number of nitrogens with zero attached hydrogens (tertiary/aromatic N) is 3. The minimum Gasteiger partial charge on any atom is -0.379 e. The highest BCUT2D eigenvalue weighted by atomic mass is 16.5. The van der Waals surface area contributed by atoms with Crippen LogP contribution in [-0.2, 0) is 23.0 Å². The summed E-state index contributed by atoms with van der Waals surface area (Å²) < 4.78 is 7.47. The lowest BCUT2D eigenvalue weighted by molar-refractivity contribution is -0.131. The zero-order chi connectivity index (χ0) is 18.5. The van der Waals surface area contributed by atoms with E-state index in [4.69, 9.17) is 4.74 Å². The molecule has 1 saturated heterocycles. The molecular formula is C21H27N3O2. The summed E-state index contributed by atoms with van der Waals surface area (Å²) >= 11 is 0. The third-order valence-electron chi connectivity index (χ3n) is 5.15. The summed E-state index contributed by atoms with van der Waals surface area (Å²) in [6.45, 7) is 3.53. The molecule has 0 bridgehead atoms. The number of aromatic nitrogens is 2. The van der Waals surface area contributed by atoms with Crippen molar-refractivity contribution in [2.45, 2.75) is 25.9 Å². The van der Waals surface area contributed by atoms with Crippen LogP contribution in [0.15, 0.2) is 42.6 Å². The van der Waals surface area contributed by atoms with Crippen molar-refractivity contribution in [3.63, 3.8) is 0 Å². The van der Waals surface area contributed by atoms with Crippen LogP contribution in [-0.4, -0.2) is 46.9 Å². The van der Waals surface area contributed by atoms with E-state index < -0.39 is 0 Å². The molecule has 2 aromatic rings. The van der Waals surface area contributed by atoms with Gasteiger partial charge >= 0.3 is 0 Å². The number of likely N-dealkylation sites (tertiary alicyclic amines) is 1. The molecule has 26 heavy (non-hydrogen) atoms. The second kappa shape index (κ2) is 8.32. The van der Waals surface area contributed by atoms with Crippen molar-refractivity contribution in [3.8, 4) is 0 Å². The summed E-state index contributed by atoms with van der Waals surface area (Å²) in [5.74, 6) is 0.467. The van der Waals surface area contributed by atoms with Gasteiger partial charge in [0, 0.05) is 39.5 Å². The van der Waals surface area contributed by atoms with Gasteiger partial charge in [0.2, 0.25) is 5.91 Å². The lowest BCUT2D eigenvalue weighted by atomic mass is 9.87. The van der Waals surface area contributed by atoms with Crippen molar-refractivity contribution >= 4 is 12.0 Å². The molecule has 2 heterocycles. The summed E-state index contributed by atoms with van der Waals surface area (Å²) in [7, 11) is 3.61. The van der Waals surface area contributed by atoms with Crippen LogP contribution in [0.4, 0.5) is 0 Å². The molecule has 0 radical (unpaired) electrons. The number of carbonyl (C=O) groups excluding carboxylic acids is 1. The summed E-state index contributed by atoms with van der Waals surface area (Å²) in [6, 6.07) is 10.5. The van der Waals surface area contributed by atoms with Crippen molar-refractivity contribution < 1.29 is 9.53 Å². The SMILES string of the molecule is CO[C@@H]1CN(C(=O)/C=C/c2ccnn2C)CC[C@@H]1Cc1cccc(C)c1. The minimum atomic E-state index is 0.0299. The molecule has 5 nitrogen and oxygen atoms in total. The van der Waals surface area contributed by atoms with Gasteiger partial charge in [0.1, 0.15) is 0 Å². The molecule has 0 aliphatic carbocycles. The number of ether oxygens (including phenoxy) is 1. The van der Waals surface area contributed by atoms with Gasteiger partial charge in [-0.15, -0.1) is 0 Å². The summed E-state index contributed by atoms with van der Waals surface area (Å²) in [4.78, 5) is 14.4. The van der Waals surface area contributed by atoms with Gasteiger partial charge in [-0.25, -0.2) is 0 Å². The highest BCUT2D eigenvalue weighted by Gasteiger charge is 2.30. The number of amides is 1. The largest absolute Gasteiger partial charge is 0.379 e. The predicted octanol–water partition coefficient (Wildman–Crippen LogP) is 2.85. The van der Waals surface area contributed by atoms with E-state index in [1.165, 1.54) is 11.1 Å². The van der Waals surface area contributed by atoms with Crippen LogP contribution in [0.2, 0.25) is 0 Å². The third-order valence-corrected chi connectivity index (χ3v) is 5.15. The average Bonchev–Trinajstić information content (AvgIpc) is 3.05. The van der Waals surface area contributed by atoms with E-state index in [9.17, 15) is 4.79 Å². The summed E-state index contributed by atoms with van der Waals surface area (Å²) in [6.07, 6.45) is 7.19. The number of aryl methyl sites for hydroxylation is 2. The van der Waals surface area contributed by atoms with E-state index in [0.29, 0.717) is 12.5 Å². The molecule has 1 fully saturated rings. The van der Waals surface area contributed by atoms with Gasteiger partial charge in [-0.3, -0.25) is 9.48 Å². The topological polar surface area (TPSA) is 47.4 Å². The molecule has 5 heteroatoms. The van der Waals surface area contributed by atoms with Gasteiger partial charge in [0.15, 0.2) is 0 Å². The zero-order valence-corrected chi connectivity index (χ0v) is 15.8. The normalized spacial score (nSPS) is 20.7. The molecule has 1 amide bonds. The standard InChI is InChI=1S/C21H27N3O2/c1-16-5-4-6-17(13-16)14-18-10-12-24(15-20(18)26-3)21(25)8-7-19-9-11-22-23(19)2/h4-9,11,13,18,20H,10,12,14-15H2,1-3H3/b8-7+/t18-,20-/m1/s1. The maximum Gasteiger partial charge on any atom is 0.246 e. The average molecular weight is 353 g/mol. The Hall–Kier alpha value is -2.40. The monoisotopic (exact) mass is 353 g/mol. The Morgan fingerprint density at radius 3 is 2.92 bits per heavy atom. The number of hydrogen-bond donors (Lipinski definition) is 0. The van der Waals surface area contributed by atoms with Gasteiger partial charge in [-0.05, 0) is 43.4 Å². The molecular weight excluding hydrogens is 326 g/mol. The second-order valence-electron chi connectivity index (χ2n) is 7.01. The highest BCUT2D eigenvalue weighted by Crippen LogP contribution is 2.25. The first-order valence-corrected chi connectivity index (χ1v) is 9.10. The molecule has 3 rings (SSSR count). The number of benzene rings is 1. The fraction of sp³-hybridized carbons (Fsp3) is 0.429. The molecule has 1 aromatic heterocycles. The van der Waals surface area contributed by atoms with Crippen LogP contribution in [0.3, 0.4) is 0 Å². The lowest BCUT2D eigenvalue weighted by Gasteiger charge is -2.37. The van der Waals surface area contributed by atoms with Crippen molar-refractivity contribution in [3.05, 3.63) is 59.4 Å². The number of rotatable bonds is 5. The molecule has 0 unspecified atom stereocenters. The van der Waals surface area contributed by atoms with Crippen molar-refractivity contribution in [2.24, 2.45) is 13.0 Å². The van der Waals surface area contributed by atoms with Gasteiger partial charge in [0.05, 0.1) is 11.8 Å². The Morgan fingerprint density at radius 1 is 1.38 bits per heavy atom. The predicted molar refractivity (Wildman–Crippen MR) is 103 cm³/mol. The van der Waals surface area contributed by atoms with Gasteiger partial charge in [-0.1, -0.05) is 29.8 Å². The molecule has 1 aliphatic heterocycles. The quantitative estimate of drug-likeness (QED) is 0.777. The Balaban J connectivity index is 1.61. The van der Waals surface area contributed by atoms with Crippen molar-refractivity contribution in [2.75, 3.05) is 20.2 Å². The minimum absolute atomic E-state index is 0.0299. The Labute approximate surface area is 155 Å². The van der Waals surface area contributed by atoms with Crippen LogP contribution in [0.25, 0.3) is 6.08 Å². The number of hydrogen-bond acceptors (Lipinski definition) is 3. The van der Waals surface area contributed by atoms with E-state index in [-0.39, 0.29) is 12.0 Å². The van der Waals surface area contributed by atoms with Crippen LogP contribution in [0, 0.1) is 12.8 Å². The summed E-state index contributed by atoms with van der Waals surface area (Å²) in [5, 5.41) is 4.11. The van der Waals surface area contributed by atoms with Crippen LogP contribution >= 0.6 is 0 Å². The lowest BCUT2D eigenvalue weighted by Crippen LogP contribution is -2.47. The van der Waals surface area contributed by atoms with Gasteiger partial charge in [0.25, 0.3) is 0 Å². The zero-order valence-electron chi connectivity index (χ0n) is 15.8. The second-order valence-corrected chi connectivity index (χ2v) is 7.01. The smallest absolute Gasteiger partial charge is 0.246 e. The number of methoxy groups -OCH3 is 1. The van der Waals surface area contributed by atoms with Crippen LogP contribution in [0.1, 0.15) is 23.2 Å². The molecule has 1 aromatic carbocycles. The van der Waals surface area contributed by atoms with Crippen LogP contribution in [0.5, 0.6) is 0 Å². The highest BCUT2D eigenvalue weighted by molar-refractivity contribution is 5.91. The maximum atomic E-state index is 12.5. The van der Waals surface area contributed by atoms with E-state index in [1.54, 1.807) is 24.1 Å². The third kappa shape index (κ3) is 4.41. The fourth-order valence-electron chi connectivity index (χ4n) is 3.62.